The maximum Gasteiger partial charge on any atom is 0.251 e. The Morgan fingerprint density at radius 2 is 2.05 bits per heavy atom. The first-order chi connectivity index (χ1) is 9.97. The van der Waals surface area contributed by atoms with E-state index in [0.717, 1.165) is 12.1 Å². The number of carbonyl (C=O) groups is 1. The van der Waals surface area contributed by atoms with E-state index in [1.165, 1.54) is 6.07 Å². The molecule has 7 heteroatoms. The van der Waals surface area contributed by atoms with Crippen molar-refractivity contribution in [3.63, 3.8) is 0 Å². The monoisotopic (exact) mass is 295 g/mol. The molecule has 112 valence electrons. The van der Waals surface area contributed by atoms with Gasteiger partial charge in [-0.3, -0.25) is 4.79 Å². The van der Waals surface area contributed by atoms with Crippen LogP contribution in [0.3, 0.4) is 0 Å². The van der Waals surface area contributed by atoms with Gasteiger partial charge < -0.3 is 9.73 Å². The number of amides is 1. The Morgan fingerprint density at radius 3 is 2.67 bits per heavy atom. The van der Waals surface area contributed by atoms with E-state index in [9.17, 15) is 13.6 Å². The molecule has 0 spiro atoms. The molecule has 5 nitrogen and oxygen atoms in total. The molecule has 0 aliphatic carbocycles. The van der Waals surface area contributed by atoms with Gasteiger partial charge in [0.15, 0.2) is 11.6 Å². The fourth-order valence-electron chi connectivity index (χ4n) is 1.62. The molecule has 21 heavy (non-hydrogen) atoms. The maximum atomic E-state index is 13.0. The number of nitrogens with zero attached hydrogens (tertiary/aromatic N) is 2. The largest absolute Gasteiger partial charge is 0.425 e. The van der Waals surface area contributed by atoms with Gasteiger partial charge in [-0.25, -0.2) is 8.78 Å². The molecule has 1 amide bonds. The van der Waals surface area contributed by atoms with Crippen LogP contribution < -0.4 is 5.32 Å². The number of halogens is 2. The molecule has 1 heterocycles. The molecule has 2 aromatic rings. The van der Waals surface area contributed by atoms with E-state index >= 15 is 0 Å². The van der Waals surface area contributed by atoms with E-state index < -0.39 is 17.5 Å². The lowest BCUT2D eigenvalue weighted by Gasteiger charge is -2.04. The molecule has 0 aliphatic heterocycles. The van der Waals surface area contributed by atoms with Crippen LogP contribution in [-0.2, 0) is 6.42 Å². The van der Waals surface area contributed by atoms with E-state index in [2.05, 4.69) is 15.5 Å². The van der Waals surface area contributed by atoms with Gasteiger partial charge in [-0.05, 0) is 18.2 Å². The molecular weight excluding hydrogens is 280 g/mol. The Labute approximate surface area is 120 Å². The fraction of sp³-hybridized carbons (Fsp3) is 0.357. The van der Waals surface area contributed by atoms with Crippen molar-refractivity contribution in [3.05, 3.63) is 47.2 Å². The normalized spacial score (nSPS) is 10.9. The van der Waals surface area contributed by atoms with Crippen molar-refractivity contribution in [1.82, 2.24) is 15.5 Å². The summed E-state index contributed by atoms with van der Waals surface area (Å²) in [5.41, 5.74) is 0.0577. The zero-order chi connectivity index (χ0) is 15.4. The van der Waals surface area contributed by atoms with Crippen LogP contribution >= 0.6 is 0 Å². The first kappa shape index (κ1) is 15.1. The van der Waals surface area contributed by atoms with E-state index in [-0.39, 0.29) is 18.0 Å². The third-order valence-electron chi connectivity index (χ3n) is 2.78. The van der Waals surface area contributed by atoms with E-state index in [0.29, 0.717) is 18.2 Å². The highest BCUT2D eigenvalue weighted by Crippen LogP contribution is 2.12. The molecular formula is C14H15F2N3O2. The number of nitrogens with one attached hydrogen (secondary N) is 1. The van der Waals surface area contributed by atoms with Gasteiger partial charge in [-0.15, -0.1) is 10.2 Å². The Morgan fingerprint density at radius 1 is 1.29 bits per heavy atom. The van der Waals surface area contributed by atoms with Crippen LogP contribution in [0.25, 0.3) is 0 Å². The topological polar surface area (TPSA) is 68.0 Å². The SMILES string of the molecule is CC(C)c1nnc(CCNC(=O)c2ccc(F)c(F)c2)o1. The number of benzene rings is 1. The van der Waals surface area contributed by atoms with Gasteiger partial charge in [0.2, 0.25) is 11.8 Å². The maximum absolute atomic E-state index is 13.0. The standard InChI is InChI=1S/C14H15F2N3O2/c1-8(2)14-19-18-12(21-14)5-6-17-13(20)9-3-4-10(15)11(16)7-9/h3-4,7-8H,5-6H2,1-2H3,(H,17,20). The van der Waals surface area contributed by atoms with Gasteiger partial charge in [0.1, 0.15) is 0 Å². The average Bonchev–Trinajstić information content (AvgIpc) is 2.91. The van der Waals surface area contributed by atoms with Gasteiger partial charge in [0.25, 0.3) is 5.91 Å². The molecule has 0 radical (unpaired) electrons. The molecule has 0 fully saturated rings. The van der Waals surface area contributed by atoms with Crippen molar-refractivity contribution in [2.45, 2.75) is 26.2 Å². The number of hydrogen-bond donors (Lipinski definition) is 1. The Kier molecular flexibility index (Phi) is 4.62. The van der Waals surface area contributed by atoms with Crippen LogP contribution in [0.15, 0.2) is 22.6 Å². The molecule has 2 rings (SSSR count). The lowest BCUT2D eigenvalue weighted by atomic mass is 10.2. The summed E-state index contributed by atoms with van der Waals surface area (Å²) in [7, 11) is 0. The number of aromatic nitrogens is 2. The highest BCUT2D eigenvalue weighted by atomic mass is 19.2. The number of hydrogen-bond acceptors (Lipinski definition) is 4. The molecule has 0 aliphatic rings. The highest BCUT2D eigenvalue weighted by molar-refractivity contribution is 5.94. The van der Waals surface area contributed by atoms with Crippen molar-refractivity contribution in [1.29, 1.82) is 0 Å². The summed E-state index contributed by atoms with van der Waals surface area (Å²) in [4.78, 5) is 11.7. The minimum Gasteiger partial charge on any atom is -0.425 e. The molecule has 0 bridgehead atoms. The molecule has 0 atom stereocenters. The van der Waals surface area contributed by atoms with Gasteiger partial charge in [-0.1, -0.05) is 13.8 Å². The summed E-state index contributed by atoms with van der Waals surface area (Å²) >= 11 is 0. The quantitative estimate of drug-likeness (QED) is 0.920. The number of carbonyl (C=O) groups excluding carboxylic acids is 1. The van der Waals surface area contributed by atoms with Gasteiger partial charge in [0.05, 0.1) is 0 Å². The van der Waals surface area contributed by atoms with Crippen molar-refractivity contribution in [2.24, 2.45) is 0 Å². The molecule has 1 aromatic carbocycles. The summed E-state index contributed by atoms with van der Waals surface area (Å²) in [6.07, 6.45) is 0.370. The van der Waals surface area contributed by atoms with Crippen LogP contribution in [0.5, 0.6) is 0 Å². The van der Waals surface area contributed by atoms with Crippen LogP contribution in [0.1, 0.15) is 41.9 Å². The molecule has 0 saturated carbocycles. The van der Waals surface area contributed by atoms with Crippen LogP contribution in [0.4, 0.5) is 8.78 Å². The van der Waals surface area contributed by atoms with Crippen molar-refractivity contribution < 1.29 is 18.0 Å². The van der Waals surface area contributed by atoms with E-state index in [4.69, 9.17) is 4.42 Å². The zero-order valence-corrected chi connectivity index (χ0v) is 11.7. The van der Waals surface area contributed by atoms with Gasteiger partial charge in [-0.2, -0.15) is 0 Å². The first-order valence-electron chi connectivity index (χ1n) is 6.53. The minimum atomic E-state index is -1.05. The van der Waals surface area contributed by atoms with E-state index in [1.54, 1.807) is 0 Å². The smallest absolute Gasteiger partial charge is 0.251 e. The van der Waals surface area contributed by atoms with Gasteiger partial charge >= 0.3 is 0 Å². The summed E-state index contributed by atoms with van der Waals surface area (Å²) in [5, 5.41) is 10.3. The Hall–Kier alpha value is -2.31. The molecule has 0 saturated heterocycles. The zero-order valence-electron chi connectivity index (χ0n) is 11.7. The number of rotatable bonds is 5. The summed E-state index contributed by atoms with van der Waals surface area (Å²) in [6.45, 7) is 4.13. The van der Waals surface area contributed by atoms with Crippen LogP contribution in [0.2, 0.25) is 0 Å². The summed E-state index contributed by atoms with van der Waals surface area (Å²) in [5.74, 6) is -1.43. The van der Waals surface area contributed by atoms with Crippen molar-refractivity contribution >= 4 is 5.91 Å². The van der Waals surface area contributed by atoms with Gasteiger partial charge in [0, 0.05) is 24.4 Å². The molecule has 1 N–H and O–H groups in total. The van der Waals surface area contributed by atoms with Crippen molar-refractivity contribution in [2.75, 3.05) is 6.54 Å². The first-order valence-corrected chi connectivity index (χ1v) is 6.53. The third-order valence-corrected chi connectivity index (χ3v) is 2.78. The predicted octanol–water partition coefficient (Wildman–Crippen LogP) is 2.44. The Bertz CT molecular complexity index is 641. The Balaban J connectivity index is 1.87. The second-order valence-corrected chi connectivity index (χ2v) is 4.82. The average molecular weight is 295 g/mol. The molecule has 1 aromatic heterocycles. The highest BCUT2D eigenvalue weighted by Gasteiger charge is 2.11. The van der Waals surface area contributed by atoms with Crippen LogP contribution in [0, 0.1) is 11.6 Å². The predicted molar refractivity (Wildman–Crippen MR) is 70.8 cm³/mol. The van der Waals surface area contributed by atoms with Crippen molar-refractivity contribution in [3.8, 4) is 0 Å². The second-order valence-electron chi connectivity index (χ2n) is 4.82. The summed E-state index contributed by atoms with van der Waals surface area (Å²) < 4.78 is 31.2. The second kappa shape index (κ2) is 6.43. The minimum absolute atomic E-state index is 0.0577. The third kappa shape index (κ3) is 3.84. The van der Waals surface area contributed by atoms with Crippen LogP contribution in [-0.4, -0.2) is 22.6 Å². The lowest BCUT2D eigenvalue weighted by Crippen LogP contribution is -2.25. The molecule has 0 unspecified atom stereocenters. The fourth-order valence-corrected chi connectivity index (χ4v) is 1.62. The lowest BCUT2D eigenvalue weighted by molar-refractivity contribution is 0.0953. The summed E-state index contributed by atoms with van der Waals surface area (Å²) in [6, 6.07) is 2.99. The van der Waals surface area contributed by atoms with E-state index in [1.807, 2.05) is 13.8 Å².